The molecule has 1 rings (SSSR count). The molecule has 0 aromatic carbocycles. The molecular formula is C12H12F3N3OS. The second kappa shape index (κ2) is 7.77. The van der Waals surface area contributed by atoms with E-state index in [-0.39, 0.29) is 36.2 Å². The SMILES string of the molecule is NCC#Cc1cnccc1C(=O)NCCSC(F)(F)F. The number of nitrogens with two attached hydrogens (primary N) is 1. The van der Waals surface area contributed by atoms with Crippen LogP contribution in [0.15, 0.2) is 18.5 Å². The van der Waals surface area contributed by atoms with Crippen LogP contribution in [-0.4, -0.2) is 35.2 Å². The molecule has 0 saturated carbocycles. The van der Waals surface area contributed by atoms with Gasteiger partial charge in [-0.25, -0.2) is 0 Å². The van der Waals surface area contributed by atoms with Gasteiger partial charge in [0.1, 0.15) is 0 Å². The van der Waals surface area contributed by atoms with E-state index in [1.54, 1.807) is 0 Å². The van der Waals surface area contributed by atoms with Crippen LogP contribution in [-0.2, 0) is 0 Å². The standard InChI is InChI=1S/C12H12F3N3OS/c13-12(14,15)20-7-6-18-11(19)10-3-5-17-8-9(10)2-1-4-16/h3,5,8H,4,6-7,16H2,(H,18,19). The minimum Gasteiger partial charge on any atom is -0.351 e. The number of amides is 1. The van der Waals surface area contributed by atoms with Crippen LogP contribution >= 0.6 is 11.8 Å². The van der Waals surface area contributed by atoms with Gasteiger partial charge in [-0.1, -0.05) is 11.8 Å². The lowest BCUT2D eigenvalue weighted by Crippen LogP contribution is -2.27. The zero-order valence-corrected chi connectivity index (χ0v) is 11.1. The lowest BCUT2D eigenvalue weighted by atomic mass is 10.1. The largest absolute Gasteiger partial charge is 0.441 e. The Morgan fingerprint density at radius 3 is 2.90 bits per heavy atom. The molecule has 0 aliphatic heterocycles. The molecule has 1 aromatic heterocycles. The van der Waals surface area contributed by atoms with Crippen molar-refractivity contribution in [1.82, 2.24) is 10.3 Å². The lowest BCUT2D eigenvalue weighted by molar-refractivity contribution is -0.0327. The van der Waals surface area contributed by atoms with E-state index in [0.717, 1.165) is 0 Å². The monoisotopic (exact) mass is 303 g/mol. The van der Waals surface area contributed by atoms with Gasteiger partial charge in [0.25, 0.3) is 5.91 Å². The highest BCUT2D eigenvalue weighted by molar-refractivity contribution is 8.00. The fraction of sp³-hybridized carbons (Fsp3) is 0.333. The fourth-order valence-electron chi connectivity index (χ4n) is 1.26. The summed E-state index contributed by atoms with van der Waals surface area (Å²) >= 11 is -0.183. The predicted octanol–water partition coefficient (Wildman–Crippen LogP) is 1.37. The average Bonchev–Trinajstić information content (AvgIpc) is 2.40. The van der Waals surface area contributed by atoms with Crippen LogP contribution in [0.1, 0.15) is 15.9 Å². The summed E-state index contributed by atoms with van der Waals surface area (Å²) < 4.78 is 35.8. The summed E-state index contributed by atoms with van der Waals surface area (Å²) in [5, 5.41) is 2.40. The summed E-state index contributed by atoms with van der Waals surface area (Å²) in [6.07, 6.45) is 2.81. The molecule has 4 nitrogen and oxygen atoms in total. The zero-order chi connectivity index (χ0) is 15.0. The highest BCUT2D eigenvalue weighted by Gasteiger charge is 2.27. The molecule has 3 N–H and O–H groups in total. The van der Waals surface area contributed by atoms with Crippen LogP contribution in [0.4, 0.5) is 13.2 Å². The van der Waals surface area contributed by atoms with Crippen LogP contribution in [0.25, 0.3) is 0 Å². The topological polar surface area (TPSA) is 68.0 Å². The number of carbonyl (C=O) groups is 1. The molecule has 0 saturated heterocycles. The summed E-state index contributed by atoms with van der Waals surface area (Å²) in [6, 6.07) is 1.45. The van der Waals surface area contributed by atoms with Crippen LogP contribution in [0.3, 0.4) is 0 Å². The van der Waals surface area contributed by atoms with Gasteiger partial charge in [0, 0.05) is 24.7 Å². The highest BCUT2D eigenvalue weighted by Crippen LogP contribution is 2.29. The maximum Gasteiger partial charge on any atom is 0.441 e. The summed E-state index contributed by atoms with van der Waals surface area (Å²) in [5.41, 5.74) is 1.60. The number of rotatable bonds is 4. The molecule has 1 amide bonds. The molecule has 0 unspecified atom stereocenters. The Bertz CT molecular complexity index is 523. The van der Waals surface area contributed by atoms with Gasteiger partial charge >= 0.3 is 5.51 Å². The highest BCUT2D eigenvalue weighted by atomic mass is 32.2. The van der Waals surface area contributed by atoms with Crippen LogP contribution in [0, 0.1) is 11.8 Å². The number of nitrogens with one attached hydrogen (secondary N) is 1. The number of alkyl halides is 3. The Labute approximate surface area is 118 Å². The number of nitrogens with zero attached hydrogens (tertiary/aromatic N) is 1. The third-order valence-electron chi connectivity index (χ3n) is 2.04. The van der Waals surface area contributed by atoms with E-state index in [9.17, 15) is 18.0 Å². The summed E-state index contributed by atoms with van der Waals surface area (Å²) in [6.45, 7) is 0.0489. The minimum absolute atomic E-state index is 0.0882. The molecule has 8 heteroatoms. The second-order valence-corrected chi connectivity index (χ2v) is 4.64. The minimum atomic E-state index is -4.29. The molecule has 0 aliphatic rings. The molecule has 108 valence electrons. The molecule has 0 aliphatic carbocycles. The van der Waals surface area contributed by atoms with E-state index in [2.05, 4.69) is 22.1 Å². The Balaban J connectivity index is 2.60. The van der Waals surface area contributed by atoms with Crippen molar-refractivity contribution in [2.75, 3.05) is 18.8 Å². The zero-order valence-electron chi connectivity index (χ0n) is 10.3. The normalized spacial score (nSPS) is 10.6. The van der Waals surface area contributed by atoms with Crippen molar-refractivity contribution in [1.29, 1.82) is 0 Å². The smallest absolute Gasteiger partial charge is 0.351 e. The first-order chi connectivity index (χ1) is 9.44. The maximum absolute atomic E-state index is 11.9. The van der Waals surface area contributed by atoms with E-state index in [0.29, 0.717) is 5.56 Å². The molecule has 0 fully saturated rings. The second-order valence-electron chi connectivity index (χ2n) is 3.48. The first-order valence-electron chi connectivity index (χ1n) is 5.56. The van der Waals surface area contributed by atoms with E-state index < -0.39 is 11.4 Å². The Morgan fingerprint density at radius 2 is 2.25 bits per heavy atom. The summed E-state index contributed by atoms with van der Waals surface area (Å²) in [7, 11) is 0. The maximum atomic E-state index is 11.9. The Kier molecular flexibility index (Phi) is 6.35. The van der Waals surface area contributed by atoms with Crippen molar-refractivity contribution in [3.8, 4) is 11.8 Å². The van der Waals surface area contributed by atoms with Crippen molar-refractivity contribution in [3.63, 3.8) is 0 Å². The number of halogens is 3. The average molecular weight is 303 g/mol. The van der Waals surface area contributed by atoms with Gasteiger partial charge in [0.2, 0.25) is 0 Å². The quantitative estimate of drug-likeness (QED) is 0.651. The first-order valence-corrected chi connectivity index (χ1v) is 6.54. The Morgan fingerprint density at radius 1 is 1.50 bits per heavy atom. The summed E-state index contributed by atoms with van der Waals surface area (Å²) in [5.74, 6) is 4.54. The van der Waals surface area contributed by atoms with Crippen LogP contribution in [0.2, 0.25) is 0 Å². The third-order valence-corrected chi connectivity index (χ3v) is 2.78. The first kappa shape index (κ1) is 16.3. The van der Waals surface area contributed by atoms with Crippen molar-refractivity contribution in [3.05, 3.63) is 29.6 Å². The van der Waals surface area contributed by atoms with Crippen molar-refractivity contribution in [2.45, 2.75) is 5.51 Å². The molecule has 0 atom stereocenters. The van der Waals surface area contributed by atoms with Crippen LogP contribution < -0.4 is 11.1 Å². The Hall–Kier alpha value is -1.72. The van der Waals surface area contributed by atoms with Gasteiger partial charge in [0.05, 0.1) is 17.7 Å². The molecular weight excluding hydrogens is 291 g/mol. The third kappa shape index (κ3) is 5.95. The van der Waals surface area contributed by atoms with E-state index in [4.69, 9.17) is 5.73 Å². The van der Waals surface area contributed by atoms with E-state index in [1.165, 1.54) is 18.5 Å². The molecule has 0 bridgehead atoms. The fourth-order valence-corrected chi connectivity index (χ4v) is 1.70. The molecule has 20 heavy (non-hydrogen) atoms. The van der Waals surface area contributed by atoms with Crippen molar-refractivity contribution in [2.24, 2.45) is 5.73 Å². The van der Waals surface area contributed by atoms with Crippen LogP contribution in [0.5, 0.6) is 0 Å². The molecule has 0 spiro atoms. The molecule has 0 radical (unpaired) electrons. The van der Waals surface area contributed by atoms with Gasteiger partial charge < -0.3 is 11.1 Å². The molecule has 1 heterocycles. The van der Waals surface area contributed by atoms with Gasteiger partial charge in [-0.2, -0.15) is 13.2 Å². The van der Waals surface area contributed by atoms with Crippen molar-refractivity contribution < 1.29 is 18.0 Å². The molecule has 1 aromatic rings. The summed E-state index contributed by atoms with van der Waals surface area (Å²) in [4.78, 5) is 15.7. The number of aromatic nitrogens is 1. The van der Waals surface area contributed by atoms with Gasteiger partial charge in [-0.15, -0.1) is 0 Å². The van der Waals surface area contributed by atoms with Crippen molar-refractivity contribution >= 4 is 17.7 Å². The van der Waals surface area contributed by atoms with Gasteiger partial charge in [0.15, 0.2) is 0 Å². The van der Waals surface area contributed by atoms with Gasteiger partial charge in [-0.05, 0) is 17.8 Å². The number of carbonyl (C=O) groups excluding carboxylic acids is 1. The number of pyridine rings is 1. The van der Waals surface area contributed by atoms with E-state index in [1.807, 2.05) is 0 Å². The number of thioether (sulfide) groups is 1. The predicted molar refractivity (Wildman–Crippen MR) is 71.0 cm³/mol. The van der Waals surface area contributed by atoms with E-state index >= 15 is 0 Å². The number of hydrogen-bond acceptors (Lipinski definition) is 4. The number of hydrogen-bond donors (Lipinski definition) is 2. The lowest BCUT2D eigenvalue weighted by Gasteiger charge is -2.08. The van der Waals surface area contributed by atoms with Gasteiger partial charge in [-0.3, -0.25) is 9.78 Å².